The number of benzene rings is 2. The Labute approximate surface area is 202 Å². The predicted molar refractivity (Wildman–Crippen MR) is 130 cm³/mol. The topological polar surface area (TPSA) is 97.9 Å². The third-order valence-corrected chi connectivity index (χ3v) is 8.20. The fraction of sp³-hybridized carbons (Fsp3) is 0.231. The van der Waals surface area contributed by atoms with Gasteiger partial charge in [0, 0.05) is 11.8 Å². The van der Waals surface area contributed by atoms with Gasteiger partial charge in [0.2, 0.25) is 0 Å². The minimum Gasteiger partial charge on any atom is -0.245 e. The molecule has 10 nitrogen and oxygen atoms in total. The summed E-state index contributed by atoms with van der Waals surface area (Å²) in [7, 11) is 0. The first-order chi connectivity index (χ1) is 17.6. The summed E-state index contributed by atoms with van der Waals surface area (Å²) in [6, 6.07) is 16.5. The smallest absolute Gasteiger partial charge is 0.245 e. The zero-order valence-electron chi connectivity index (χ0n) is 18.9. The highest BCUT2D eigenvalue weighted by atomic mass is 16.2. The summed E-state index contributed by atoms with van der Waals surface area (Å²) >= 11 is 0. The zero-order valence-corrected chi connectivity index (χ0v) is 18.9. The second-order valence-corrected chi connectivity index (χ2v) is 9.74. The van der Waals surface area contributed by atoms with Gasteiger partial charge in [-0.2, -0.15) is 0 Å². The average Bonchev–Trinajstić information content (AvgIpc) is 3.71. The summed E-state index contributed by atoms with van der Waals surface area (Å²) in [6.45, 7) is 0. The van der Waals surface area contributed by atoms with Crippen LogP contribution >= 0.6 is 0 Å². The highest BCUT2D eigenvalue weighted by Crippen LogP contribution is 2.57. The Morgan fingerprint density at radius 2 is 0.694 bits per heavy atom. The van der Waals surface area contributed by atoms with Gasteiger partial charge < -0.3 is 0 Å². The van der Waals surface area contributed by atoms with Gasteiger partial charge in [0.1, 0.15) is 0 Å². The Kier molecular flexibility index (Phi) is 3.57. The first kappa shape index (κ1) is 19.7. The van der Waals surface area contributed by atoms with Crippen LogP contribution in [0.15, 0.2) is 104 Å². The predicted octanol–water partition coefficient (Wildman–Crippen LogP) is 1.18. The molecule has 36 heavy (non-hydrogen) atoms. The van der Waals surface area contributed by atoms with Gasteiger partial charge in [0.25, 0.3) is 0 Å². The molecule has 2 aromatic carbocycles. The van der Waals surface area contributed by atoms with Crippen LogP contribution in [0.4, 0.5) is 0 Å². The van der Waals surface area contributed by atoms with Crippen LogP contribution in [-0.2, 0) is 0 Å². The number of nitrogens with zero attached hydrogens (tertiary/aromatic N) is 6. The van der Waals surface area contributed by atoms with E-state index < -0.39 is 0 Å². The molecule has 0 amide bonds. The monoisotopic (exact) mass is 480 g/mol. The van der Waals surface area contributed by atoms with Crippen LogP contribution in [0.5, 0.6) is 0 Å². The van der Waals surface area contributed by atoms with Crippen LogP contribution < -0.4 is 22.8 Å². The Hall–Kier alpha value is -4.60. The maximum absolute atomic E-state index is 13.4. The molecule has 2 aliphatic heterocycles. The second kappa shape index (κ2) is 6.54. The molecule has 0 saturated heterocycles. The number of fused-ring (bicyclic) bond motifs is 11. The molecular weight excluding hydrogens is 460 g/mol. The third-order valence-electron chi connectivity index (χ3n) is 8.20. The molecule has 0 N–H and O–H groups in total. The summed E-state index contributed by atoms with van der Waals surface area (Å²) in [5.74, 6) is -0.255. The van der Waals surface area contributed by atoms with E-state index in [0.717, 1.165) is 0 Å². The fourth-order valence-electron chi connectivity index (χ4n) is 6.88. The van der Waals surface area contributed by atoms with Gasteiger partial charge in [-0.15, -0.1) is 0 Å². The van der Waals surface area contributed by atoms with E-state index >= 15 is 0 Å². The SMILES string of the molecule is O=c1n(-c2ccccc2)c(=O)n2n1[C@@H]1C=C[C@H]2C1C1[C@@H]2C=C[C@@H]1n1c(=O)n(-c3ccccc3)c(=O)n12. The number of hydrogen-bond acceptors (Lipinski definition) is 4. The van der Waals surface area contributed by atoms with Crippen molar-refractivity contribution in [3.05, 3.63) is 127 Å². The van der Waals surface area contributed by atoms with Gasteiger partial charge in [-0.3, -0.25) is 0 Å². The lowest BCUT2D eigenvalue weighted by Crippen LogP contribution is -2.36. The lowest BCUT2D eigenvalue weighted by molar-refractivity contribution is 0.242. The maximum Gasteiger partial charge on any atom is 0.352 e. The van der Waals surface area contributed by atoms with Crippen LogP contribution in [0.25, 0.3) is 11.4 Å². The molecule has 10 heteroatoms. The van der Waals surface area contributed by atoms with Crippen molar-refractivity contribution in [1.29, 1.82) is 0 Å². The van der Waals surface area contributed by atoms with E-state index in [0.29, 0.717) is 11.4 Å². The lowest BCUT2D eigenvalue weighted by Gasteiger charge is -2.25. The molecule has 0 saturated carbocycles. The quantitative estimate of drug-likeness (QED) is 0.411. The molecule has 4 bridgehead atoms. The summed E-state index contributed by atoms with van der Waals surface area (Å²) in [6.07, 6.45) is 7.90. The fourth-order valence-corrected chi connectivity index (χ4v) is 6.88. The standard InChI is InChI=1S/C26H20N6O4/c33-23-27(15-7-3-1-4-8-15)24(34)30-18-12-11-17(29(23)30)21(18)22-19-13-14-20(22)32-26(36)28(25(35)31(19)32)16-9-5-2-6-10-16/h1-14,17-22H/t17-,18-,19-,20+,22?/m0/s1. The molecule has 4 aliphatic rings. The van der Waals surface area contributed by atoms with Crippen molar-refractivity contribution in [3.8, 4) is 11.4 Å². The largest absolute Gasteiger partial charge is 0.352 e. The van der Waals surface area contributed by atoms with Crippen molar-refractivity contribution in [2.24, 2.45) is 11.8 Å². The van der Waals surface area contributed by atoms with Gasteiger partial charge >= 0.3 is 22.8 Å². The van der Waals surface area contributed by atoms with E-state index in [4.69, 9.17) is 0 Å². The molecule has 2 aromatic heterocycles. The molecular formula is C26H20N6O4. The van der Waals surface area contributed by atoms with Crippen LogP contribution in [0, 0.1) is 11.8 Å². The van der Waals surface area contributed by atoms with E-state index in [1.807, 2.05) is 36.4 Å². The minimum absolute atomic E-state index is 0.128. The van der Waals surface area contributed by atoms with Crippen molar-refractivity contribution < 1.29 is 0 Å². The summed E-state index contributed by atoms with van der Waals surface area (Å²) in [4.78, 5) is 53.7. The van der Waals surface area contributed by atoms with E-state index in [1.165, 1.54) is 9.13 Å². The Bertz CT molecular complexity index is 1630. The van der Waals surface area contributed by atoms with Gasteiger partial charge in [-0.1, -0.05) is 60.7 Å². The number of aromatic nitrogens is 6. The van der Waals surface area contributed by atoms with Gasteiger partial charge in [-0.25, -0.2) is 47.0 Å². The van der Waals surface area contributed by atoms with Gasteiger partial charge in [0.15, 0.2) is 0 Å². The molecule has 5 atom stereocenters. The molecule has 0 fully saturated rings. The van der Waals surface area contributed by atoms with Crippen LogP contribution in [-0.4, -0.2) is 27.9 Å². The maximum atomic E-state index is 13.4. The first-order valence-corrected chi connectivity index (χ1v) is 12.0. The first-order valence-electron chi connectivity index (χ1n) is 12.0. The van der Waals surface area contributed by atoms with Crippen molar-refractivity contribution in [2.45, 2.75) is 24.2 Å². The molecule has 1 unspecified atom stereocenters. The summed E-state index contributed by atoms with van der Waals surface area (Å²) < 4.78 is 8.59. The van der Waals surface area contributed by atoms with Crippen molar-refractivity contribution >= 4 is 0 Å². The van der Waals surface area contributed by atoms with Crippen LogP contribution in [0.1, 0.15) is 24.2 Å². The van der Waals surface area contributed by atoms with E-state index in [1.54, 1.807) is 67.3 Å². The highest BCUT2D eigenvalue weighted by Gasteiger charge is 2.58. The molecule has 4 aromatic rings. The molecule has 0 spiro atoms. The van der Waals surface area contributed by atoms with E-state index in [9.17, 15) is 19.2 Å². The number of allylic oxidation sites excluding steroid dienone is 4. The average molecular weight is 480 g/mol. The normalized spacial score (nSPS) is 28.2. The van der Waals surface area contributed by atoms with Gasteiger partial charge in [0.05, 0.1) is 35.5 Å². The zero-order chi connectivity index (χ0) is 24.3. The number of rotatable bonds is 3. The number of para-hydroxylation sites is 2. The second-order valence-electron chi connectivity index (χ2n) is 9.74. The Morgan fingerprint density at radius 1 is 0.417 bits per heavy atom. The molecule has 0 radical (unpaired) electrons. The highest BCUT2D eigenvalue weighted by molar-refractivity contribution is 5.34. The van der Waals surface area contributed by atoms with E-state index in [2.05, 4.69) is 0 Å². The number of hydrogen-bond donors (Lipinski definition) is 0. The van der Waals surface area contributed by atoms with Crippen molar-refractivity contribution in [2.75, 3.05) is 0 Å². The van der Waals surface area contributed by atoms with Crippen LogP contribution in [0.3, 0.4) is 0 Å². The lowest BCUT2D eigenvalue weighted by atomic mass is 9.80. The third kappa shape index (κ3) is 2.13. The van der Waals surface area contributed by atoms with Crippen molar-refractivity contribution in [1.82, 2.24) is 27.9 Å². The van der Waals surface area contributed by atoms with E-state index in [-0.39, 0.29) is 58.8 Å². The van der Waals surface area contributed by atoms with Crippen LogP contribution in [0.2, 0.25) is 0 Å². The Morgan fingerprint density at radius 3 is 0.972 bits per heavy atom. The molecule has 2 aliphatic carbocycles. The Balaban J connectivity index is 1.23. The van der Waals surface area contributed by atoms with Crippen molar-refractivity contribution in [3.63, 3.8) is 0 Å². The molecule has 8 rings (SSSR count). The molecule has 178 valence electrons. The summed E-state index contributed by atoms with van der Waals surface area (Å²) in [5.41, 5.74) is -0.456. The minimum atomic E-state index is -0.380. The summed E-state index contributed by atoms with van der Waals surface area (Å²) in [5, 5.41) is 0. The van der Waals surface area contributed by atoms with Gasteiger partial charge in [-0.05, 0) is 24.3 Å². The molecule has 4 heterocycles.